The second-order valence-corrected chi connectivity index (χ2v) is 7.44. The van der Waals surface area contributed by atoms with Gasteiger partial charge in [-0.2, -0.15) is 0 Å². The standard InChI is InChI=1S/C11H15NO5S2/c13-10(14)11(4-2-5-17-8-11)7-12-19(15,16)9-3-1-6-18-9/h1,3,6,12H,2,4-5,7-8H2,(H,13,14). The zero-order valence-corrected chi connectivity index (χ0v) is 11.8. The molecule has 0 saturated carbocycles. The van der Waals surface area contributed by atoms with Crippen molar-refractivity contribution in [2.45, 2.75) is 17.1 Å². The van der Waals surface area contributed by atoms with Crippen molar-refractivity contribution in [2.24, 2.45) is 5.41 Å². The first-order valence-corrected chi connectivity index (χ1v) is 8.17. The van der Waals surface area contributed by atoms with E-state index in [0.717, 1.165) is 11.3 Å². The number of thiophene rings is 1. The number of carboxylic acid groups (broad SMARTS) is 1. The predicted molar refractivity (Wildman–Crippen MR) is 69.6 cm³/mol. The third-order valence-corrected chi connectivity index (χ3v) is 5.94. The lowest BCUT2D eigenvalue weighted by molar-refractivity contribution is -0.156. The number of sulfonamides is 1. The summed E-state index contributed by atoms with van der Waals surface area (Å²) in [5.41, 5.74) is -1.16. The van der Waals surface area contributed by atoms with Crippen LogP contribution in [0.4, 0.5) is 0 Å². The SMILES string of the molecule is O=C(O)C1(CNS(=O)(=O)c2cccs2)CCCOC1. The van der Waals surface area contributed by atoms with Crippen molar-refractivity contribution in [1.29, 1.82) is 0 Å². The highest BCUT2D eigenvalue weighted by Gasteiger charge is 2.41. The van der Waals surface area contributed by atoms with Crippen LogP contribution in [0.2, 0.25) is 0 Å². The van der Waals surface area contributed by atoms with Crippen molar-refractivity contribution in [2.75, 3.05) is 19.8 Å². The molecule has 106 valence electrons. The summed E-state index contributed by atoms with van der Waals surface area (Å²) in [6.07, 6.45) is 1.03. The third-order valence-electron chi connectivity index (χ3n) is 3.14. The predicted octanol–water partition coefficient (Wildman–Crippen LogP) is 0.908. The molecule has 0 amide bonds. The summed E-state index contributed by atoms with van der Waals surface area (Å²) in [7, 11) is -3.64. The van der Waals surface area contributed by atoms with Crippen LogP contribution in [0, 0.1) is 5.41 Å². The Morgan fingerprint density at radius 2 is 2.37 bits per heavy atom. The molecule has 2 rings (SSSR count). The highest BCUT2D eigenvalue weighted by molar-refractivity contribution is 7.91. The number of ether oxygens (including phenoxy) is 1. The summed E-state index contributed by atoms with van der Waals surface area (Å²) in [6, 6.07) is 3.12. The zero-order valence-electron chi connectivity index (χ0n) is 10.2. The highest BCUT2D eigenvalue weighted by atomic mass is 32.2. The Labute approximate surface area is 115 Å². The summed E-state index contributed by atoms with van der Waals surface area (Å²) < 4.78 is 31.7. The van der Waals surface area contributed by atoms with Crippen LogP contribution in [0.15, 0.2) is 21.7 Å². The molecule has 6 nitrogen and oxygen atoms in total. The van der Waals surface area contributed by atoms with E-state index < -0.39 is 21.4 Å². The van der Waals surface area contributed by atoms with Crippen LogP contribution in [0.5, 0.6) is 0 Å². The maximum absolute atomic E-state index is 12.0. The Morgan fingerprint density at radius 3 is 2.89 bits per heavy atom. The minimum absolute atomic E-state index is 0.0370. The van der Waals surface area contributed by atoms with Crippen LogP contribution in [0.1, 0.15) is 12.8 Å². The smallest absolute Gasteiger partial charge is 0.313 e. The maximum atomic E-state index is 12.0. The molecule has 1 aliphatic heterocycles. The van der Waals surface area contributed by atoms with Gasteiger partial charge < -0.3 is 9.84 Å². The van der Waals surface area contributed by atoms with E-state index in [1.807, 2.05) is 0 Å². The molecule has 8 heteroatoms. The molecule has 1 fully saturated rings. The van der Waals surface area contributed by atoms with E-state index in [4.69, 9.17) is 4.74 Å². The number of carbonyl (C=O) groups is 1. The van der Waals surface area contributed by atoms with Crippen molar-refractivity contribution in [1.82, 2.24) is 4.72 Å². The molecule has 1 aliphatic rings. The van der Waals surface area contributed by atoms with E-state index in [1.165, 1.54) is 6.07 Å². The second kappa shape index (κ2) is 5.58. The number of hydrogen-bond acceptors (Lipinski definition) is 5. The summed E-state index contributed by atoms with van der Waals surface area (Å²) >= 11 is 1.09. The Hall–Kier alpha value is -0.960. The van der Waals surface area contributed by atoms with E-state index in [2.05, 4.69) is 4.72 Å². The molecular weight excluding hydrogens is 290 g/mol. The topological polar surface area (TPSA) is 92.7 Å². The van der Waals surface area contributed by atoms with Gasteiger partial charge in [0.2, 0.25) is 10.0 Å². The molecule has 2 N–H and O–H groups in total. The number of nitrogens with one attached hydrogen (secondary N) is 1. The van der Waals surface area contributed by atoms with Crippen molar-refractivity contribution >= 4 is 27.3 Å². The minimum atomic E-state index is -3.64. The molecule has 1 saturated heterocycles. The number of carboxylic acids is 1. The average Bonchev–Trinajstić information content (AvgIpc) is 2.92. The van der Waals surface area contributed by atoms with Crippen molar-refractivity contribution in [3.05, 3.63) is 17.5 Å². The van der Waals surface area contributed by atoms with Crippen LogP contribution in [0.25, 0.3) is 0 Å². The molecule has 0 radical (unpaired) electrons. The normalized spacial score (nSPS) is 24.2. The van der Waals surface area contributed by atoms with E-state index in [0.29, 0.717) is 19.4 Å². The Balaban J connectivity index is 2.09. The van der Waals surface area contributed by atoms with Crippen LogP contribution < -0.4 is 4.72 Å². The molecule has 1 atom stereocenters. The van der Waals surface area contributed by atoms with Gasteiger partial charge in [-0.25, -0.2) is 13.1 Å². The lowest BCUT2D eigenvalue weighted by Gasteiger charge is -2.32. The van der Waals surface area contributed by atoms with Crippen LogP contribution >= 0.6 is 11.3 Å². The highest BCUT2D eigenvalue weighted by Crippen LogP contribution is 2.29. The fourth-order valence-corrected chi connectivity index (χ4v) is 4.12. The fourth-order valence-electron chi connectivity index (χ4n) is 1.96. The van der Waals surface area contributed by atoms with E-state index in [1.54, 1.807) is 11.4 Å². The van der Waals surface area contributed by atoms with Gasteiger partial charge in [-0.1, -0.05) is 6.07 Å². The van der Waals surface area contributed by atoms with Gasteiger partial charge in [0.1, 0.15) is 9.62 Å². The molecule has 1 unspecified atom stereocenters. The van der Waals surface area contributed by atoms with Gasteiger partial charge in [0, 0.05) is 13.2 Å². The van der Waals surface area contributed by atoms with Crippen LogP contribution in [-0.2, 0) is 19.6 Å². The second-order valence-electron chi connectivity index (χ2n) is 4.50. The summed E-state index contributed by atoms with van der Waals surface area (Å²) in [4.78, 5) is 11.4. The number of aliphatic carboxylic acids is 1. The first kappa shape index (κ1) is 14.4. The van der Waals surface area contributed by atoms with Gasteiger partial charge in [-0.05, 0) is 24.3 Å². The van der Waals surface area contributed by atoms with Gasteiger partial charge in [0.15, 0.2) is 0 Å². The molecule has 19 heavy (non-hydrogen) atoms. The summed E-state index contributed by atoms with van der Waals surface area (Å²) in [6.45, 7) is 0.407. The quantitative estimate of drug-likeness (QED) is 0.843. The van der Waals surface area contributed by atoms with Gasteiger partial charge in [-0.15, -0.1) is 11.3 Å². The lowest BCUT2D eigenvalue weighted by Crippen LogP contribution is -2.48. The fraction of sp³-hybridized carbons (Fsp3) is 0.545. The zero-order chi connectivity index (χ0) is 13.9. The summed E-state index contributed by atoms with van der Waals surface area (Å²) in [5.74, 6) is -1.03. The molecule has 1 aromatic rings. The minimum Gasteiger partial charge on any atom is -0.481 e. The lowest BCUT2D eigenvalue weighted by atomic mass is 9.83. The molecule has 0 spiro atoms. The van der Waals surface area contributed by atoms with Gasteiger partial charge >= 0.3 is 5.97 Å². The van der Waals surface area contributed by atoms with Crippen LogP contribution in [0.3, 0.4) is 0 Å². The van der Waals surface area contributed by atoms with Gasteiger partial charge in [0.25, 0.3) is 0 Å². The molecule has 1 aromatic heterocycles. The Morgan fingerprint density at radius 1 is 1.58 bits per heavy atom. The molecular formula is C11H15NO5S2. The van der Waals surface area contributed by atoms with Crippen molar-refractivity contribution in [3.8, 4) is 0 Å². The first-order valence-electron chi connectivity index (χ1n) is 5.81. The number of rotatable bonds is 5. The monoisotopic (exact) mass is 305 g/mol. The average molecular weight is 305 g/mol. The molecule has 0 aliphatic carbocycles. The first-order chi connectivity index (χ1) is 8.96. The van der Waals surface area contributed by atoms with E-state index >= 15 is 0 Å². The number of hydrogen-bond donors (Lipinski definition) is 2. The molecule has 0 bridgehead atoms. The maximum Gasteiger partial charge on any atom is 0.313 e. The van der Waals surface area contributed by atoms with Gasteiger partial charge in [-0.3, -0.25) is 4.79 Å². The van der Waals surface area contributed by atoms with Crippen molar-refractivity contribution < 1.29 is 23.1 Å². The van der Waals surface area contributed by atoms with Crippen molar-refractivity contribution in [3.63, 3.8) is 0 Å². The summed E-state index contributed by atoms with van der Waals surface area (Å²) in [5, 5.41) is 11.0. The van der Waals surface area contributed by atoms with Gasteiger partial charge in [0.05, 0.1) is 6.61 Å². The molecule has 0 aromatic carbocycles. The largest absolute Gasteiger partial charge is 0.481 e. The Kier molecular flexibility index (Phi) is 4.24. The van der Waals surface area contributed by atoms with E-state index in [9.17, 15) is 18.3 Å². The third kappa shape index (κ3) is 3.14. The molecule has 2 heterocycles. The Bertz CT molecular complexity index is 531. The van der Waals surface area contributed by atoms with Crippen LogP contribution in [-0.4, -0.2) is 39.3 Å². The van der Waals surface area contributed by atoms with E-state index in [-0.39, 0.29) is 17.4 Å².